The molecule has 3 nitrogen and oxygen atoms in total. The van der Waals surface area contributed by atoms with Gasteiger partial charge in [-0.2, -0.15) is 0 Å². The predicted octanol–water partition coefficient (Wildman–Crippen LogP) is 2.27. The third kappa shape index (κ3) is 5.66. The highest BCUT2D eigenvalue weighted by Crippen LogP contribution is 2.50. The van der Waals surface area contributed by atoms with Crippen LogP contribution >= 0.6 is 17.9 Å². The Kier molecular flexibility index (Phi) is 5.57. The van der Waals surface area contributed by atoms with E-state index in [0.717, 1.165) is 6.54 Å². The molecule has 1 N–H and O–H groups in total. The molecular formula is C9H20NO2PS2. The lowest BCUT2D eigenvalue weighted by atomic mass is 10.0. The Hall–Kier alpha value is 0.880. The summed E-state index contributed by atoms with van der Waals surface area (Å²) < 4.78 is 5.54. The summed E-state index contributed by atoms with van der Waals surface area (Å²) >= 11 is 8.79. The Morgan fingerprint density at radius 3 is 2.47 bits per heavy atom. The van der Waals surface area contributed by atoms with Crippen molar-refractivity contribution in [1.29, 1.82) is 0 Å². The molecule has 1 fully saturated rings. The van der Waals surface area contributed by atoms with E-state index in [4.69, 9.17) is 16.3 Å². The Morgan fingerprint density at radius 1 is 1.53 bits per heavy atom. The van der Waals surface area contributed by atoms with E-state index in [0.29, 0.717) is 5.92 Å². The van der Waals surface area contributed by atoms with E-state index in [1.165, 1.54) is 25.7 Å². The number of hydrogen-bond acceptors (Lipinski definition) is 3. The van der Waals surface area contributed by atoms with Crippen LogP contribution in [0.25, 0.3) is 0 Å². The van der Waals surface area contributed by atoms with E-state index < -0.39 is 5.69 Å². The lowest BCUT2D eigenvalue weighted by Gasteiger charge is -2.28. The van der Waals surface area contributed by atoms with Gasteiger partial charge in [0.1, 0.15) is 0 Å². The molecule has 0 aromatic carbocycles. The Bertz CT molecular complexity index is 238. The van der Waals surface area contributed by atoms with E-state index in [2.05, 4.69) is 17.1 Å². The van der Waals surface area contributed by atoms with Crippen LogP contribution < -0.4 is 0 Å². The number of likely N-dealkylation sites (N-methyl/N-ethyl adjacent to an activating group) is 1. The average molecular weight is 269 g/mol. The SMILES string of the molecule is CN(C)CC(OP(O)(=S)S)C1CCCC1. The van der Waals surface area contributed by atoms with E-state index in [1.54, 1.807) is 0 Å². The molecule has 0 heterocycles. The van der Waals surface area contributed by atoms with Crippen LogP contribution in [0, 0.1) is 5.92 Å². The molecule has 1 saturated carbocycles. The van der Waals surface area contributed by atoms with Gasteiger partial charge in [0.25, 0.3) is 0 Å². The summed E-state index contributed by atoms with van der Waals surface area (Å²) in [7, 11) is 4.01. The van der Waals surface area contributed by atoms with Gasteiger partial charge < -0.3 is 14.3 Å². The first kappa shape index (κ1) is 13.9. The Morgan fingerprint density at radius 2 is 2.07 bits per heavy atom. The van der Waals surface area contributed by atoms with Gasteiger partial charge in [-0.1, -0.05) is 25.1 Å². The molecule has 0 amide bonds. The minimum atomic E-state index is -2.83. The van der Waals surface area contributed by atoms with E-state index in [1.807, 2.05) is 14.1 Å². The van der Waals surface area contributed by atoms with Gasteiger partial charge in [-0.15, -0.1) is 0 Å². The predicted molar refractivity (Wildman–Crippen MR) is 70.9 cm³/mol. The number of hydrogen-bond donors (Lipinski definition) is 2. The zero-order valence-corrected chi connectivity index (χ0v) is 11.9. The van der Waals surface area contributed by atoms with Crippen LogP contribution in [0.1, 0.15) is 25.7 Å². The summed E-state index contributed by atoms with van der Waals surface area (Å²) in [5.74, 6) is 0.536. The molecule has 0 aliphatic heterocycles. The van der Waals surface area contributed by atoms with Crippen molar-refractivity contribution in [2.75, 3.05) is 20.6 Å². The van der Waals surface area contributed by atoms with Crippen LogP contribution in [-0.4, -0.2) is 36.5 Å². The maximum absolute atomic E-state index is 9.51. The highest BCUT2D eigenvalue weighted by atomic mass is 32.9. The standard InChI is InChI=1S/C9H20NO2PS2/c1-10(2)7-9(12-13(11,14)15)8-5-3-4-6-8/h8-9H,3-7H2,1-2H3,(H2,11,14,15). The molecule has 15 heavy (non-hydrogen) atoms. The maximum atomic E-state index is 9.51. The molecule has 0 spiro atoms. The minimum absolute atomic E-state index is 0.0378. The summed E-state index contributed by atoms with van der Waals surface area (Å²) in [6.07, 6.45) is 4.93. The summed E-state index contributed by atoms with van der Waals surface area (Å²) in [4.78, 5) is 11.6. The molecular weight excluding hydrogens is 249 g/mol. The van der Waals surface area contributed by atoms with Gasteiger partial charge in [-0.05, 0) is 44.7 Å². The van der Waals surface area contributed by atoms with E-state index in [9.17, 15) is 4.89 Å². The normalized spacial score (nSPS) is 24.3. The molecule has 0 saturated heterocycles. The number of nitrogens with zero attached hydrogens (tertiary/aromatic N) is 1. The lowest BCUT2D eigenvalue weighted by Crippen LogP contribution is -2.32. The molecule has 2 atom stereocenters. The first-order chi connectivity index (χ1) is 6.88. The second kappa shape index (κ2) is 5.99. The van der Waals surface area contributed by atoms with Gasteiger partial charge in [-0.25, -0.2) is 0 Å². The minimum Gasteiger partial charge on any atom is -0.338 e. The first-order valence-corrected chi connectivity index (χ1v) is 9.10. The maximum Gasteiger partial charge on any atom is 0.241 e. The van der Waals surface area contributed by atoms with Crippen LogP contribution in [0.15, 0.2) is 0 Å². The second-order valence-corrected chi connectivity index (χ2v) is 9.56. The first-order valence-electron chi connectivity index (χ1n) is 5.27. The van der Waals surface area contributed by atoms with Gasteiger partial charge >= 0.3 is 0 Å². The van der Waals surface area contributed by atoms with Crippen molar-refractivity contribution in [1.82, 2.24) is 4.90 Å². The van der Waals surface area contributed by atoms with Crippen LogP contribution in [0.5, 0.6) is 0 Å². The van der Waals surface area contributed by atoms with Crippen molar-refractivity contribution < 1.29 is 9.42 Å². The zero-order valence-electron chi connectivity index (χ0n) is 9.30. The van der Waals surface area contributed by atoms with Gasteiger partial charge in [0.15, 0.2) is 0 Å². The molecule has 0 radical (unpaired) electrons. The van der Waals surface area contributed by atoms with Crippen LogP contribution in [0.3, 0.4) is 0 Å². The highest BCUT2D eigenvalue weighted by molar-refractivity contribution is 8.59. The Balaban J connectivity index is 2.55. The molecule has 2 unspecified atom stereocenters. The monoisotopic (exact) mass is 269 g/mol. The third-order valence-corrected chi connectivity index (χ3v) is 3.83. The van der Waals surface area contributed by atoms with Gasteiger partial charge in [-0.3, -0.25) is 0 Å². The summed E-state index contributed by atoms with van der Waals surface area (Å²) in [6, 6.07) is 0. The van der Waals surface area contributed by atoms with E-state index >= 15 is 0 Å². The van der Waals surface area contributed by atoms with Crippen molar-refractivity contribution in [3.63, 3.8) is 0 Å². The van der Waals surface area contributed by atoms with Gasteiger partial charge in [0.2, 0.25) is 5.69 Å². The smallest absolute Gasteiger partial charge is 0.241 e. The number of rotatable bonds is 5. The van der Waals surface area contributed by atoms with E-state index in [-0.39, 0.29) is 6.10 Å². The summed E-state index contributed by atoms with van der Waals surface area (Å²) in [5.41, 5.74) is -2.83. The number of thiol groups is 1. The second-order valence-electron chi connectivity index (χ2n) is 4.44. The zero-order chi connectivity index (χ0) is 11.5. The van der Waals surface area contributed by atoms with Crippen molar-refractivity contribution in [2.45, 2.75) is 31.8 Å². The fourth-order valence-corrected chi connectivity index (χ4v) is 3.42. The van der Waals surface area contributed by atoms with Crippen molar-refractivity contribution >= 4 is 29.7 Å². The van der Waals surface area contributed by atoms with Crippen LogP contribution in [0.4, 0.5) is 0 Å². The molecule has 0 aromatic rings. The molecule has 0 aromatic heterocycles. The van der Waals surface area contributed by atoms with Crippen molar-refractivity contribution in [3.8, 4) is 0 Å². The lowest BCUT2D eigenvalue weighted by molar-refractivity contribution is 0.110. The summed E-state index contributed by atoms with van der Waals surface area (Å²) in [6.45, 7) is 0.810. The molecule has 0 bridgehead atoms. The average Bonchev–Trinajstić information content (AvgIpc) is 2.50. The molecule has 1 rings (SSSR count). The topological polar surface area (TPSA) is 32.7 Å². The quantitative estimate of drug-likeness (QED) is 0.592. The van der Waals surface area contributed by atoms with Crippen molar-refractivity contribution in [3.05, 3.63) is 0 Å². The third-order valence-electron chi connectivity index (χ3n) is 2.74. The van der Waals surface area contributed by atoms with Gasteiger partial charge in [0.05, 0.1) is 6.10 Å². The fourth-order valence-electron chi connectivity index (χ4n) is 2.13. The summed E-state index contributed by atoms with van der Waals surface area (Å²) in [5, 5.41) is 0. The molecule has 1 aliphatic carbocycles. The highest BCUT2D eigenvalue weighted by Gasteiger charge is 2.29. The van der Waals surface area contributed by atoms with Gasteiger partial charge in [0, 0.05) is 6.54 Å². The van der Waals surface area contributed by atoms with Crippen molar-refractivity contribution in [2.24, 2.45) is 5.92 Å². The largest absolute Gasteiger partial charge is 0.338 e. The van der Waals surface area contributed by atoms with Crippen LogP contribution in [0.2, 0.25) is 0 Å². The molecule has 90 valence electrons. The fraction of sp³-hybridized carbons (Fsp3) is 1.00. The van der Waals surface area contributed by atoms with Crippen LogP contribution in [-0.2, 0) is 16.3 Å². The molecule has 6 heteroatoms. The molecule has 1 aliphatic rings. The Labute approximate surface area is 103 Å².